The maximum absolute atomic E-state index is 13.3. The van der Waals surface area contributed by atoms with Gasteiger partial charge in [0.1, 0.15) is 0 Å². The number of aromatic nitrogens is 4. The van der Waals surface area contributed by atoms with E-state index < -0.39 is 0 Å². The monoisotopic (exact) mass is 423 g/mol. The summed E-state index contributed by atoms with van der Waals surface area (Å²) >= 11 is 1.51. The van der Waals surface area contributed by atoms with E-state index in [-0.39, 0.29) is 11.7 Å². The Hall–Kier alpha value is -3.00. The molecule has 0 fully saturated rings. The van der Waals surface area contributed by atoms with E-state index in [0.717, 1.165) is 21.6 Å². The molecule has 30 heavy (non-hydrogen) atoms. The van der Waals surface area contributed by atoms with Crippen molar-refractivity contribution in [2.45, 2.75) is 47.1 Å². The summed E-state index contributed by atoms with van der Waals surface area (Å²) in [5.41, 5.74) is 4.81. The maximum Gasteiger partial charge on any atom is 0.298 e. The zero-order valence-electron chi connectivity index (χ0n) is 17.8. The SMILES string of the molecule is Cc1cc(C(=O)N(CCn2nc(C)cc2C)c2nc3c(C(C)C)cccc3s2)on1. The molecule has 0 atom stereocenters. The minimum Gasteiger partial charge on any atom is -0.351 e. The first kappa shape index (κ1) is 20.3. The molecule has 0 aliphatic heterocycles. The third kappa shape index (κ3) is 3.87. The Morgan fingerprint density at radius 3 is 2.63 bits per heavy atom. The van der Waals surface area contributed by atoms with Crippen LogP contribution in [0.5, 0.6) is 0 Å². The number of para-hydroxylation sites is 1. The van der Waals surface area contributed by atoms with Crippen molar-refractivity contribution in [2.24, 2.45) is 0 Å². The van der Waals surface area contributed by atoms with E-state index in [2.05, 4.69) is 30.2 Å². The molecular weight excluding hydrogens is 398 g/mol. The second-order valence-electron chi connectivity index (χ2n) is 7.78. The van der Waals surface area contributed by atoms with Crippen LogP contribution in [0.1, 0.15) is 53.0 Å². The van der Waals surface area contributed by atoms with Gasteiger partial charge in [-0.15, -0.1) is 0 Å². The van der Waals surface area contributed by atoms with E-state index in [1.54, 1.807) is 17.9 Å². The fraction of sp³-hybridized carbons (Fsp3) is 0.364. The predicted molar refractivity (Wildman–Crippen MR) is 118 cm³/mol. The Labute approximate surface area is 179 Å². The number of hydrogen-bond acceptors (Lipinski definition) is 6. The number of fused-ring (bicyclic) bond motifs is 1. The van der Waals surface area contributed by atoms with Crippen LogP contribution in [0, 0.1) is 20.8 Å². The largest absolute Gasteiger partial charge is 0.351 e. The molecule has 0 aliphatic carbocycles. The highest BCUT2D eigenvalue weighted by Gasteiger charge is 2.25. The van der Waals surface area contributed by atoms with Gasteiger partial charge >= 0.3 is 0 Å². The number of hydrogen-bond donors (Lipinski definition) is 0. The van der Waals surface area contributed by atoms with Crippen molar-refractivity contribution < 1.29 is 9.32 Å². The zero-order chi connectivity index (χ0) is 21.4. The van der Waals surface area contributed by atoms with Gasteiger partial charge in [0.2, 0.25) is 5.76 Å². The molecule has 3 aromatic heterocycles. The van der Waals surface area contributed by atoms with Gasteiger partial charge in [-0.25, -0.2) is 4.98 Å². The molecule has 156 valence electrons. The fourth-order valence-corrected chi connectivity index (χ4v) is 4.54. The molecule has 7 nitrogen and oxygen atoms in total. The van der Waals surface area contributed by atoms with Gasteiger partial charge in [-0.05, 0) is 44.4 Å². The fourth-order valence-electron chi connectivity index (χ4n) is 3.52. The van der Waals surface area contributed by atoms with Crippen LogP contribution in [0.2, 0.25) is 0 Å². The first-order valence-electron chi connectivity index (χ1n) is 9.99. The lowest BCUT2D eigenvalue weighted by Gasteiger charge is -2.18. The van der Waals surface area contributed by atoms with Gasteiger partial charge in [0.15, 0.2) is 5.13 Å². The molecule has 1 amide bonds. The number of benzene rings is 1. The molecular formula is C22H25N5O2S. The first-order chi connectivity index (χ1) is 14.3. The molecule has 8 heteroatoms. The van der Waals surface area contributed by atoms with Crippen LogP contribution in [-0.4, -0.2) is 32.4 Å². The molecule has 0 spiro atoms. The standard InChI is InChI=1S/C22H25N5O2S/c1-13(2)17-7-6-8-19-20(17)23-22(30-19)26(21(28)18-12-15(4)25-29-18)9-10-27-16(5)11-14(3)24-27/h6-8,11-13H,9-10H2,1-5H3. The van der Waals surface area contributed by atoms with E-state index in [1.165, 1.54) is 16.9 Å². The van der Waals surface area contributed by atoms with Crippen LogP contribution >= 0.6 is 11.3 Å². The molecule has 0 N–H and O–H groups in total. The van der Waals surface area contributed by atoms with Crippen LogP contribution in [0.25, 0.3) is 10.2 Å². The van der Waals surface area contributed by atoms with E-state index in [0.29, 0.717) is 29.8 Å². The van der Waals surface area contributed by atoms with E-state index in [4.69, 9.17) is 9.51 Å². The summed E-state index contributed by atoms with van der Waals surface area (Å²) in [5, 5.41) is 9.04. The number of aryl methyl sites for hydroxylation is 3. The second kappa shape index (κ2) is 8.02. The highest BCUT2D eigenvalue weighted by Crippen LogP contribution is 2.34. The maximum atomic E-state index is 13.3. The van der Waals surface area contributed by atoms with Crippen LogP contribution in [0.3, 0.4) is 0 Å². The summed E-state index contributed by atoms with van der Waals surface area (Å²) in [5.74, 6) is 0.311. The third-order valence-corrected chi connectivity index (χ3v) is 6.06. The molecule has 1 aromatic carbocycles. The van der Waals surface area contributed by atoms with Crippen LogP contribution in [-0.2, 0) is 6.54 Å². The molecule has 0 aliphatic rings. The molecule has 0 radical (unpaired) electrons. The van der Waals surface area contributed by atoms with Crippen LogP contribution in [0.15, 0.2) is 34.9 Å². The number of anilines is 1. The van der Waals surface area contributed by atoms with Gasteiger partial charge in [-0.1, -0.05) is 42.5 Å². The summed E-state index contributed by atoms with van der Waals surface area (Å²) in [7, 11) is 0. The van der Waals surface area contributed by atoms with Crippen LogP contribution < -0.4 is 4.90 Å². The minimum atomic E-state index is -0.248. The number of rotatable bonds is 6. The lowest BCUT2D eigenvalue weighted by molar-refractivity contribution is 0.0950. The minimum absolute atomic E-state index is 0.212. The molecule has 3 heterocycles. The van der Waals surface area contributed by atoms with E-state index in [1.807, 2.05) is 36.7 Å². The molecule has 0 saturated carbocycles. The average molecular weight is 424 g/mol. The molecule has 0 bridgehead atoms. The highest BCUT2D eigenvalue weighted by atomic mass is 32.1. The number of thiazole rings is 1. The predicted octanol–water partition coefficient (Wildman–Crippen LogP) is 4.88. The van der Waals surface area contributed by atoms with Crippen molar-refractivity contribution in [2.75, 3.05) is 11.4 Å². The summed E-state index contributed by atoms with van der Waals surface area (Å²) in [6, 6.07) is 9.87. The lowest BCUT2D eigenvalue weighted by Crippen LogP contribution is -2.34. The molecule has 4 rings (SSSR count). The number of nitrogens with zero attached hydrogens (tertiary/aromatic N) is 5. The summed E-state index contributed by atoms with van der Waals surface area (Å²) in [6.45, 7) is 11.1. The van der Waals surface area contributed by atoms with E-state index >= 15 is 0 Å². The number of carbonyl (C=O) groups is 1. The smallest absolute Gasteiger partial charge is 0.298 e. The summed E-state index contributed by atoms with van der Waals surface area (Å²) in [4.78, 5) is 19.8. The van der Waals surface area contributed by atoms with Crippen molar-refractivity contribution in [1.29, 1.82) is 0 Å². The topological polar surface area (TPSA) is 77.0 Å². The Balaban J connectivity index is 1.72. The van der Waals surface area contributed by atoms with Crippen molar-refractivity contribution in [3.05, 3.63) is 58.7 Å². The van der Waals surface area contributed by atoms with Gasteiger partial charge in [0.05, 0.1) is 28.1 Å². The van der Waals surface area contributed by atoms with Gasteiger partial charge in [0.25, 0.3) is 5.91 Å². The van der Waals surface area contributed by atoms with Crippen LogP contribution in [0.4, 0.5) is 5.13 Å². The third-order valence-electron chi connectivity index (χ3n) is 5.01. The first-order valence-corrected chi connectivity index (χ1v) is 10.8. The Morgan fingerprint density at radius 2 is 2.00 bits per heavy atom. The summed E-state index contributed by atoms with van der Waals surface area (Å²) < 4.78 is 8.23. The second-order valence-corrected chi connectivity index (χ2v) is 8.79. The Bertz CT molecular complexity index is 1200. The Kier molecular flexibility index (Phi) is 5.42. The highest BCUT2D eigenvalue weighted by molar-refractivity contribution is 7.22. The van der Waals surface area contributed by atoms with Gasteiger partial charge in [-0.2, -0.15) is 5.10 Å². The van der Waals surface area contributed by atoms with Crippen molar-refractivity contribution >= 4 is 32.6 Å². The molecule has 0 saturated heterocycles. The summed E-state index contributed by atoms with van der Waals surface area (Å²) in [6.07, 6.45) is 0. The Morgan fingerprint density at radius 1 is 1.20 bits per heavy atom. The van der Waals surface area contributed by atoms with Crippen molar-refractivity contribution in [3.63, 3.8) is 0 Å². The van der Waals surface area contributed by atoms with Gasteiger partial charge in [-0.3, -0.25) is 14.4 Å². The molecule has 4 aromatic rings. The van der Waals surface area contributed by atoms with Crippen molar-refractivity contribution in [1.82, 2.24) is 19.9 Å². The normalized spacial score (nSPS) is 11.5. The van der Waals surface area contributed by atoms with E-state index in [9.17, 15) is 4.79 Å². The number of amides is 1. The zero-order valence-corrected chi connectivity index (χ0v) is 18.7. The van der Waals surface area contributed by atoms with Gasteiger partial charge in [0, 0.05) is 18.3 Å². The lowest BCUT2D eigenvalue weighted by atomic mass is 10.0. The molecule has 0 unspecified atom stereocenters. The quantitative estimate of drug-likeness (QED) is 0.442. The van der Waals surface area contributed by atoms with Crippen molar-refractivity contribution in [3.8, 4) is 0 Å². The van der Waals surface area contributed by atoms with Gasteiger partial charge < -0.3 is 4.52 Å². The average Bonchev–Trinajstić information content (AvgIpc) is 3.39. The number of carbonyl (C=O) groups excluding carboxylic acids is 1.